The molecule has 1 aliphatic carbocycles. The van der Waals surface area contributed by atoms with E-state index in [-0.39, 0.29) is 17.7 Å². The highest BCUT2D eigenvalue weighted by Gasteiger charge is 2.33. The van der Waals surface area contributed by atoms with Crippen LogP contribution in [0.5, 0.6) is 0 Å². The van der Waals surface area contributed by atoms with Gasteiger partial charge in [-0.25, -0.2) is 14.2 Å². The molecule has 0 bridgehead atoms. The zero-order valence-corrected chi connectivity index (χ0v) is 25.4. The van der Waals surface area contributed by atoms with Crippen molar-refractivity contribution in [2.45, 2.75) is 59.4 Å². The van der Waals surface area contributed by atoms with Gasteiger partial charge in [-0.2, -0.15) is 5.26 Å². The maximum Gasteiger partial charge on any atom is 0.338 e. The van der Waals surface area contributed by atoms with Crippen LogP contribution in [0.15, 0.2) is 51.4 Å². The van der Waals surface area contributed by atoms with Gasteiger partial charge in [0.05, 0.1) is 34.0 Å². The summed E-state index contributed by atoms with van der Waals surface area (Å²) in [6.07, 6.45) is 6.04. The maximum atomic E-state index is 14.0. The summed E-state index contributed by atoms with van der Waals surface area (Å²) in [5, 5.41) is 11.0. The highest BCUT2D eigenvalue weighted by Crippen LogP contribution is 2.38. The highest BCUT2D eigenvalue weighted by atomic mass is 32.1. The number of halogens is 1. The Balaban J connectivity index is 1.51. The molecule has 0 fully saturated rings. The van der Waals surface area contributed by atoms with E-state index in [1.165, 1.54) is 38.5 Å². The number of fused-ring (bicyclic) bond motifs is 2. The van der Waals surface area contributed by atoms with Gasteiger partial charge in [-0.05, 0) is 94.3 Å². The minimum atomic E-state index is -0.800. The summed E-state index contributed by atoms with van der Waals surface area (Å²) in [5.74, 6) is -0.969. The molecule has 7 nitrogen and oxygen atoms in total. The average Bonchev–Trinajstić information content (AvgIpc) is 3.58. The minimum Gasteiger partial charge on any atom is -0.463 e. The third kappa shape index (κ3) is 4.57. The van der Waals surface area contributed by atoms with Crippen LogP contribution in [0, 0.1) is 31.0 Å². The predicted molar refractivity (Wildman–Crippen MR) is 161 cm³/mol. The molecular formula is C32H29FN4O3S2. The zero-order valence-electron chi connectivity index (χ0n) is 23.8. The van der Waals surface area contributed by atoms with E-state index in [4.69, 9.17) is 4.74 Å². The quantitative estimate of drug-likeness (QED) is 0.296. The Hall–Kier alpha value is -4.07. The van der Waals surface area contributed by atoms with Crippen molar-refractivity contribution >= 4 is 34.7 Å². The van der Waals surface area contributed by atoms with Gasteiger partial charge in [0.25, 0.3) is 5.56 Å². The number of nitriles is 1. The van der Waals surface area contributed by atoms with Gasteiger partial charge in [0.1, 0.15) is 16.9 Å². The molecule has 3 aromatic heterocycles. The number of hydrogen-bond acceptors (Lipinski definition) is 7. The van der Waals surface area contributed by atoms with E-state index in [2.05, 4.69) is 15.6 Å². The first-order valence-corrected chi connectivity index (χ1v) is 15.6. The molecule has 1 aromatic carbocycles. The van der Waals surface area contributed by atoms with Crippen LogP contribution in [0.25, 0.3) is 11.1 Å². The van der Waals surface area contributed by atoms with Crippen molar-refractivity contribution in [1.29, 1.82) is 5.26 Å². The molecule has 2 aliphatic rings. The SMILES string of the molecule is CCOC(=O)C1=C(C)N=c2s/c(=C/c3cc(C)n(-c4sc5c(c4C#N)CCCC5)c3C)c(=O)n2[C@@H]1c1ccc(F)cc1. The second kappa shape index (κ2) is 11.0. The van der Waals surface area contributed by atoms with Crippen molar-refractivity contribution in [1.82, 2.24) is 9.13 Å². The second-order valence-electron chi connectivity index (χ2n) is 10.5. The molecule has 42 heavy (non-hydrogen) atoms. The molecule has 0 spiro atoms. The van der Waals surface area contributed by atoms with Crippen molar-refractivity contribution in [3.63, 3.8) is 0 Å². The lowest BCUT2D eigenvalue weighted by molar-refractivity contribution is -0.139. The summed E-state index contributed by atoms with van der Waals surface area (Å²) in [4.78, 5) is 33.4. The molecule has 4 aromatic rings. The lowest BCUT2D eigenvalue weighted by Crippen LogP contribution is -2.39. The molecule has 0 saturated carbocycles. The van der Waals surface area contributed by atoms with E-state index >= 15 is 0 Å². The number of aryl methyl sites for hydroxylation is 2. The van der Waals surface area contributed by atoms with E-state index in [9.17, 15) is 19.2 Å². The number of esters is 1. The highest BCUT2D eigenvalue weighted by molar-refractivity contribution is 7.15. The van der Waals surface area contributed by atoms with E-state index in [0.717, 1.165) is 53.2 Å². The average molecular weight is 601 g/mol. The van der Waals surface area contributed by atoms with E-state index in [1.54, 1.807) is 37.3 Å². The Labute approximate surface area is 250 Å². The largest absolute Gasteiger partial charge is 0.463 e. The molecule has 214 valence electrons. The maximum absolute atomic E-state index is 14.0. The molecule has 1 aliphatic heterocycles. The number of nitrogens with zero attached hydrogens (tertiary/aromatic N) is 4. The summed E-state index contributed by atoms with van der Waals surface area (Å²) in [7, 11) is 0. The van der Waals surface area contributed by atoms with Crippen molar-refractivity contribution in [3.8, 4) is 11.1 Å². The van der Waals surface area contributed by atoms with E-state index in [0.29, 0.717) is 20.6 Å². The van der Waals surface area contributed by atoms with Gasteiger partial charge < -0.3 is 9.30 Å². The molecule has 0 saturated heterocycles. The summed E-state index contributed by atoms with van der Waals surface area (Å²) in [6, 6.07) is 9.48. The number of rotatable bonds is 5. The summed E-state index contributed by atoms with van der Waals surface area (Å²) < 4.78 is 23.2. The molecule has 0 N–H and O–H groups in total. The molecular weight excluding hydrogens is 572 g/mol. The minimum absolute atomic E-state index is 0.173. The zero-order chi connectivity index (χ0) is 29.7. The molecule has 1 atom stereocenters. The summed E-state index contributed by atoms with van der Waals surface area (Å²) in [6.45, 7) is 7.63. The smallest absolute Gasteiger partial charge is 0.338 e. The number of ether oxygens (including phenoxy) is 1. The molecule has 0 amide bonds. The van der Waals surface area contributed by atoms with Crippen LogP contribution in [0.4, 0.5) is 4.39 Å². The van der Waals surface area contributed by atoms with Gasteiger partial charge in [-0.15, -0.1) is 11.3 Å². The number of thiazole rings is 1. The van der Waals surface area contributed by atoms with Crippen LogP contribution in [0.3, 0.4) is 0 Å². The van der Waals surface area contributed by atoms with Crippen LogP contribution in [-0.2, 0) is 22.4 Å². The fourth-order valence-corrected chi connectivity index (χ4v) is 8.45. The summed E-state index contributed by atoms with van der Waals surface area (Å²) in [5.41, 5.74) is 5.72. The van der Waals surface area contributed by atoms with Gasteiger partial charge in [0.2, 0.25) is 0 Å². The lowest BCUT2D eigenvalue weighted by atomic mass is 9.96. The number of aromatic nitrogens is 2. The van der Waals surface area contributed by atoms with Crippen LogP contribution in [0.2, 0.25) is 0 Å². The Morgan fingerprint density at radius 2 is 1.93 bits per heavy atom. The normalized spacial score (nSPS) is 16.6. The number of benzene rings is 1. The first-order valence-electron chi connectivity index (χ1n) is 13.9. The van der Waals surface area contributed by atoms with Crippen molar-refractivity contribution in [2.75, 3.05) is 6.61 Å². The second-order valence-corrected chi connectivity index (χ2v) is 12.6. The monoisotopic (exact) mass is 600 g/mol. The molecule has 4 heterocycles. The van der Waals surface area contributed by atoms with Crippen LogP contribution in [0.1, 0.15) is 71.2 Å². The fraction of sp³-hybridized carbons (Fsp3) is 0.312. The van der Waals surface area contributed by atoms with Crippen molar-refractivity contribution in [2.24, 2.45) is 4.99 Å². The number of thiophene rings is 1. The fourth-order valence-electron chi connectivity index (χ4n) is 5.96. The van der Waals surface area contributed by atoms with Crippen molar-refractivity contribution in [3.05, 3.63) is 106 Å². The van der Waals surface area contributed by atoms with Crippen LogP contribution >= 0.6 is 22.7 Å². The predicted octanol–water partition coefficient (Wildman–Crippen LogP) is 5.16. The third-order valence-corrected chi connectivity index (χ3v) is 10.2. The van der Waals surface area contributed by atoms with E-state index in [1.807, 2.05) is 26.0 Å². The topological polar surface area (TPSA) is 89.4 Å². The first-order chi connectivity index (χ1) is 20.2. The number of carbonyl (C=O) groups excluding carboxylic acids is 1. The van der Waals surface area contributed by atoms with Gasteiger partial charge >= 0.3 is 5.97 Å². The number of carbonyl (C=O) groups is 1. The van der Waals surface area contributed by atoms with Crippen LogP contribution < -0.4 is 14.9 Å². The van der Waals surface area contributed by atoms with Gasteiger partial charge in [0, 0.05) is 16.3 Å². The van der Waals surface area contributed by atoms with E-state index < -0.39 is 17.8 Å². The molecule has 0 unspecified atom stereocenters. The Bertz CT molecular complexity index is 2000. The third-order valence-electron chi connectivity index (χ3n) is 7.93. The molecule has 10 heteroatoms. The van der Waals surface area contributed by atoms with Crippen LogP contribution in [-0.4, -0.2) is 21.7 Å². The molecule has 0 radical (unpaired) electrons. The lowest BCUT2D eigenvalue weighted by Gasteiger charge is -2.24. The van der Waals surface area contributed by atoms with Gasteiger partial charge in [-0.3, -0.25) is 9.36 Å². The molecule has 6 rings (SSSR count). The Morgan fingerprint density at radius 1 is 1.19 bits per heavy atom. The first kappa shape index (κ1) is 28.1. The van der Waals surface area contributed by atoms with Gasteiger partial charge in [0.15, 0.2) is 4.80 Å². The Morgan fingerprint density at radius 3 is 2.64 bits per heavy atom. The summed E-state index contributed by atoms with van der Waals surface area (Å²) >= 11 is 2.94. The number of hydrogen-bond donors (Lipinski definition) is 0. The van der Waals surface area contributed by atoms with Crippen molar-refractivity contribution < 1.29 is 13.9 Å². The standard InChI is InChI=1S/C32H29FN4O3S2/c1-5-40-31(39)27-18(3)35-32-37(28(27)20-10-12-22(33)13-11-20)29(38)26(42-32)15-21-14-17(2)36(19(21)4)30-24(16-34)23-8-6-7-9-25(23)41-30/h10-15,28H,5-9H2,1-4H3/b26-15+/t28-/m1/s1. The number of allylic oxidation sites excluding steroid dienone is 1. The Kier molecular flexibility index (Phi) is 7.33. The van der Waals surface area contributed by atoms with Gasteiger partial charge in [-0.1, -0.05) is 23.5 Å².